The van der Waals surface area contributed by atoms with Gasteiger partial charge in [-0.1, -0.05) is 17.3 Å². The summed E-state index contributed by atoms with van der Waals surface area (Å²) in [4.78, 5) is 14.9. The Morgan fingerprint density at radius 1 is 1.19 bits per heavy atom. The number of nitrogens with zero attached hydrogens (tertiary/aromatic N) is 6. The third-order valence-electron chi connectivity index (χ3n) is 4.27. The molecule has 4 aromatic rings. The van der Waals surface area contributed by atoms with Gasteiger partial charge in [-0.2, -0.15) is 4.98 Å². The normalized spacial score (nSPS) is 11.2. The van der Waals surface area contributed by atoms with E-state index < -0.39 is 4.92 Å². The van der Waals surface area contributed by atoms with E-state index in [1.165, 1.54) is 6.07 Å². The zero-order chi connectivity index (χ0) is 19.0. The molecule has 0 saturated carbocycles. The van der Waals surface area contributed by atoms with Crippen LogP contribution in [-0.2, 0) is 6.54 Å². The lowest BCUT2D eigenvalue weighted by molar-refractivity contribution is -0.385. The van der Waals surface area contributed by atoms with Gasteiger partial charge in [-0.3, -0.25) is 10.1 Å². The first-order chi connectivity index (χ1) is 13.1. The van der Waals surface area contributed by atoms with E-state index in [9.17, 15) is 10.1 Å². The first kappa shape index (κ1) is 16.8. The molecule has 9 heteroatoms. The Balaban J connectivity index is 1.67. The topological polar surface area (TPSA) is 113 Å². The lowest BCUT2D eigenvalue weighted by Crippen LogP contribution is -1.98. The van der Waals surface area contributed by atoms with Crippen LogP contribution in [0.4, 0.5) is 5.69 Å². The van der Waals surface area contributed by atoms with Crippen LogP contribution in [0.3, 0.4) is 0 Å². The van der Waals surface area contributed by atoms with Crippen LogP contribution in [0.25, 0.3) is 33.9 Å². The average Bonchev–Trinajstić information content (AvgIpc) is 3.29. The lowest BCUT2D eigenvalue weighted by atomic mass is 10.1. The van der Waals surface area contributed by atoms with E-state index in [0.29, 0.717) is 22.8 Å². The molecule has 27 heavy (non-hydrogen) atoms. The van der Waals surface area contributed by atoms with Crippen molar-refractivity contribution < 1.29 is 9.45 Å². The van der Waals surface area contributed by atoms with Crippen LogP contribution in [0.5, 0.6) is 0 Å². The number of hydrogen-bond donors (Lipinski definition) is 0. The molecule has 0 spiro atoms. The van der Waals surface area contributed by atoms with Crippen LogP contribution in [0.2, 0.25) is 0 Å². The number of fused-ring (bicyclic) bond motifs is 1. The molecule has 4 rings (SSSR count). The summed E-state index contributed by atoms with van der Waals surface area (Å²) in [5.74, 6) is 0.727. The van der Waals surface area contributed by atoms with E-state index in [-0.39, 0.29) is 5.69 Å². The van der Waals surface area contributed by atoms with Crippen molar-refractivity contribution in [3.8, 4) is 22.8 Å². The summed E-state index contributed by atoms with van der Waals surface area (Å²) in [7, 11) is 0. The molecule has 0 atom stereocenters. The van der Waals surface area contributed by atoms with Crippen molar-refractivity contribution in [2.45, 2.75) is 26.8 Å². The minimum Gasteiger partial charge on any atom is -0.334 e. The number of rotatable bonds is 5. The van der Waals surface area contributed by atoms with Crippen molar-refractivity contribution in [1.82, 2.24) is 25.1 Å². The summed E-state index contributed by atoms with van der Waals surface area (Å²) in [6.45, 7) is 4.57. The third kappa shape index (κ3) is 3.03. The fourth-order valence-electron chi connectivity index (χ4n) is 2.94. The summed E-state index contributed by atoms with van der Waals surface area (Å²) < 4.78 is 7.21. The molecule has 0 N–H and O–H groups in total. The Morgan fingerprint density at radius 3 is 2.74 bits per heavy atom. The highest BCUT2D eigenvalue weighted by Crippen LogP contribution is 2.27. The minimum absolute atomic E-state index is 0.0547. The van der Waals surface area contributed by atoms with Crippen LogP contribution in [-0.4, -0.2) is 30.1 Å². The van der Waals surface area contributed by atoms with E-state index in [1.54, 1.807) is 19.1 Å². The minimum atomic E-state index is -0.417. The molecule has 2 heterocycles. The van der Waals surface area contributed by atoms with Crippen molar-refractivity contribution in [1.29, 1.82) is 0 Å². The average molecular weight is 364 g/mol. The summed E-state index contributed by atoms with van der Waals surface area (Å²) in [5, 5.41) is 23.3. The van der Waals surface area contributed by atoms with E-state index >= 15 is 0 Å². The van der Waals surface area contributed by atoms with Gasteiger partial charge in [0.1, 0.15) is 5.52 Å². The van der Waals surface area contributed by atoms with Gasteiger partial charge in [0, 0.05) is 29.3 Å². The number of nitro benzene ring substituents is 1. The first-order valence-electron chi connectivity index (χ1n) is 8.49. The van der Waals surface area contributed by atoms with Gasteiger partial charge in [0.15, 0.2) is 0 Å². The van der Waals surface area contributed by atoms with Gasteiger partial charge < -0.3 is 4.52 Å². The molecular formula is C18H16N6O3. The summed E-state index contributed by atoms with van der Waals surface area (Å²) in [6, 6.07) is 10.4. The van der Waals surface area contributed by atoms with E-state index in [0.717, 1.165) is 29.6 Å². The van der Waals surface area contributed by atoms with Gasteiger partial charge in [-0.25, -0.2) is 4.68 Å². The number of benzene rings is 2. The van der Waals surface area contributed by atoms with Gasteiger partial charge in [0.2, 0.25) is 5.82 Å². The zero-order valence-corrected chi connectivity index (χ0v) is 14.8. The Kier molecular flexibility index (Phi) is 4.11. The standard InChI is InChI=1S/C18H16N6O3/c1-3-8-23-16-7-4-12(10-14(16)20-22-23)17-19-18(27-21-17)13-5-6-15(24(25)26)11(2)9-13/h4-7,9-10H,3,8H2,1-2H3. The summed E-state index contributed by atoms with van der Waals surface area (Å²) in [6.07, 6.45) is 0.975. The van der Waals surface area contributed by atoms with Gasteiger partial charge >= 0.3 is 0 Å². The monoisotopic (exact) mass is 364 g/mol. The Labute approximate surface area is 153 Å². The molecule has 0 aliphatic rings. The second-order valence-electron chi connectivity index (χ2n) is 6.20. The zero-order valence-electron chi connectivity index (χ0n) is 14.8. The molecule has 0 bridgehead atoms. The van der Waals surface area contributed by atoms with Gasteiger partial charge in [0.05, 0.1) is 10.4 Å². The van der Waals surface area contributed by atoms with Crippen LogP contribution < -0.4 is 0 Å². The highest BCUT2D eigenvalue weighted by molar-refractivity contribution is 5.80. The highest BCUT2D eigenvalue weighted by Gasteiger charge is 2.16. The van der Waals surface area contributed by atoms with Gasteiger partial charge in [-0.05, 0) is 43.7 Å². The molecule has 2 aromatic carbocycles. The molecule has 0 aliphatic carbocycles. The maximum absolute atomic E-state index is 10.9. The van der Waals surface area contributed by atoms with Gasteiger partial charge in [-0.15, -0.1) is 5.10 Å². The molecule has 9 nitrogen and oxygen atoms in total. The highest BCUT2D eigenvalue weighted by atomic mass is 16.6. The summed E-state index contributed by atoms with van der Waals surface area (Å²) in [5.41, 5.74) is 3.70. The van der Waals surface area contributed by atoms with Crippen LogP contribution >= 0.6 is 0 Å². The SMILES string of the molecule is CCCn1nnc2cc(-c3noc(-c4ccc([N+](=O)[O-])c(C)c4)n3)ccc21. The Morgan fingerprint density at radius 2 is 2.00 bits per heavy atom. The molecule has 0 amide bonds. The van der Waals surface area contributed by atoms with Crippen molar-refractivity contribution in [2.75, 3.05) is 0 Å². The molecule has 2 aromatic heterocycles. The largest absolute Gasteiger partial charge is 0.334 e. The third-order valence-corrected chi connectivity index (χ3v) is 4.27. The second-order valence-corrected chi connectivity index (χ2v) is 6.20. The van der Waals surface area contributed by atoms with Crippen LogP contribution in [0.1, 0.15) is 18.9 Å². The fraction of sp³-hybridized carbons (Fsp3) is 0.222. The molecule has 0 saturated heterocycles. The second kappa shape index (κ2) is 6.60. The van der Waals surface area contributed by atoms with Crippen molar-refractivity contribution in [3.63, 3.8) is 0 Å². The van der Waals surface area contributed by atoms with Crippen molar-refractivity contribution in [2.24, 2.45) is 0 Å². The van der Waals surface area contributed by atoms with Crippen LogP contribution in [0, 0.1) is 17.0 Å². The number of nitro groups is 1. The van der Waals surface area contributed by atoms with Gasteiger partial charge in [0.25, 0.3) is 11.6 Å². The maximum Gasteiger partial charge on any atom is 0.272 e. The van der Waals surface area contributed by atoms with Crippen molar-refractivity contribution in [3.05, 3.63) is 52.1 Å². The number of aromatic nitrogens is 5. The smallest absolute Gasteiger partial charge is 0.272 e. The van der Waals surface area contributed by atoms with E-state index in [1.807, 2.05) is 22.9 Å². The predicted molar refractivity (Wildman–Crippen MR) is 97.9 cm³/mol. The number of hydrogen-bond acceptors (Lipinski definition) is 7. The van der Waals surface area contributed by atoms with Crippen LogP contribution in [0.15, 0.2) is 40.9 Å². The van der Waals surface area contributed by atoms with Crippen molar-refractivity contribution >= 4 is 16.7 Å². The quantitative estimate of drug-likeness (QED) is 0.391. The van der Waals surface area contributed by atoms with E-state index in [2.05, 4.69) is 27.4 Å². The fourth-order valence-corrected chi connectivity index (χ4v) is 2.94. The molecular weight excluding hydrogens is 348 g/mol. The van der Waals surface area contributed by atoms with E-state index in [4.69, 9.17) is 4.52 Å². The molecule has 0 radical (unpaired) electrons. The Bertz CT molecular complexity index is 1150. The summed E-state index contributed by atoms with van der Waals surface area (Å²) >= 11 is 0. The molecule has 136 valence electrons. The lowest BCUT2D eigenvalue weighted by Gasteiger charge is -1.99. The molecule has 0 unspecified atom stereocenters. The maximum atomic E-state index is 10.9. The molecule has 0 aliphatic heterocycles. The predicted octanol–water partition coefficient (Wildman–Crippen LogP) is 3.77. The first-order valence-corrected chi connectivity index (χ1v) is 8.49. The molecule has 0 fully saturated rings. The Hall–Kier alpha value is -3.62. The number of aryl methyl sites for hydroxylation is 2.